The lowest BCUT2D eigenvalue weighted by Crippen LogP contribution is -2.35. The minimum absolute atomic E-state index is 0.122. The summed E-state index contributed by atoms with van der Waals surface area (Å²) < 4.78 is 0. The number of carbonyl (C=O) groups excluding carboxylic acids is 2. The summed E-state index contributed by atoms with van der Waals surface area (Å²) in [6.45, 7) is 4.43. The SMILES string of the molecule is CCC[C@@H](N)C(=O)Nc1ccc(C(=O)NCC)cc1. The van der Waals surface area contributed by atoms with E-state index in [9.17, 15) is 9.59 Å². The maximum atomic E-state index is 11.7. The number of carbonyl (C=O) groups is 2. The highest BCUT2D eigenvalue weighted by Crippen LogP contribution is 2.10. The van der Waals surface area contributed by atoms with Crippen molar-refractivity contribution in [3.63, 3.8) is 0 Å². The van der Waals surface area contributed by atoms with E-state index < -0.39 is 6.04 Å². The van der Waals surface area contributed by atoms with Gasteiger partial charge in [-0.15, -0.1) is 0 Å². The molecule has 1 atom stereocenters. The molecule has 5 nitrogen and oxygen atoms in total. The van der Waals surface area contributed by atoms with Crippen LogP contribution >= 0.6 is 0 Å². The Labute approximate surface area is 113 Å². The van der Waals surface area contributed by atoms with Gasteiger partial charge in [0.25, 0.3) is 5.91 Å². The minimum atomic E-state index is -0.493. The number of anilines is 1. The van der Waals surface area contributed by atoms with Gasteiger partial charge in [-0.1, -0.05) is 13.3 Å². The molecule has 0 aliphatic carbocycles. The first-order valence-electron chi connectivity index (χ1n) is 6.53. The van der Waals surface area contributed by atoms with Crippen molar-refractivity contribution in [3.05, 3.63) is 29.8 Å². The highest BCUT2D eigenvalue weighted by Gasteiger charge is 2.12. The maximum Gasteiger partial charge on any atom is 0.251 e. The van der Waals surface area contributed by atoms with Gasteiger partial charge in [0.15, 0.2) is 0 Å². The molecule has 0 radical (unpaired) electrons. The molecule has 0 aromatic heterocycles. The highest BCUT2D eigenvalue weighted by atomic mass is 16.2. The van der Waals surface area contributed by atoms with Gasteiger partial charge in [0, 0.05) is 17.8 Å². The zero-order valence-electron chi connectivity index (χ0n) is 11.4. The van der Waals surface area contributed by atoms with Crippen LogP contribution in [0.1, 0.15) is 37.0 Å². The number of hydrogen-bond donors (Lipinski definition) is 3. The number of rotatable bonds is 6. The van der Waals surface area contributed by atoms with Crippen LogP contribution < -0.4 is 16.4 Å². The molecule has 0 aliphatic rings. The van der Waals surface area contributed by atoms with Crippen molar-refractivity contribution in [2.24, 2.45) is 5.73 Å². The van der Waals surface area contributed by atoms with Crippen molar-refractivity contribution in [2.45, 2.75) is 32.7 Å². The first kappa shape index (κ1) is 15.2. The largest absolute Gasteiger partial charge is 0.352 e. The Bertz CT molecular complexity index is 429. The lowest BCUT2D eigenvalue weighted by molar-refractivity contribution is -0.117. The Morgan fingerprint density at radius 3 is 2.37 bits per heavy atom. The Morgan fingerprint density at radius 2 is 1.84 bits per heavy atom. The van der Waals surface area contributed by atoms with E-state index in [0.29, 0.717) is 24.2 Å². The first-order chi connectivity index (χ1) is 9.08. The Kier molecular flexibility index (Phi) is 6.02. The van der Waals surface area contributed by atoms with Gasteiger partial charge in [-0.25, -0.2) is 0 Å². The smallest absolute Gasteiger partial charge is 0.251 e. The molecule has 0 fully saturated rings. The second-order valence-electron chi connectivity index (χ2n) is 4.32. The molecule has 1 aromatic carbocycles. The van der Waals surface area contributed by atoms with Crippen molar-refractivity contribution in [1.29, 1.82) is 0 Å². The van der Waals surface area contributed by atoms with Crippen molar-refractivity contribution in [2.75, 3.05) is 11.9 Å². The third-order valence-electron chi connectivity index (χ3n) is 2.69. The zero-order chi connectivity index (χ0) is 14.3. The van der Waals surface area contributed by atoms with Crippen LogP contribution in [-0.4, -0.2) is 24.4 Å². The first-order valence-corrected chi connectivity index (χ1v) is 6.53. The average Bonchev–Trinajstić information content (AvgIpc) is 2.40. The molecule has 1 rings (SSSR count). The van der Waals surface area contributed by atoms with Gasteiger partial charge in [-0.2, -0.15) is 0 Å². The van der Waals surface area contributed by atoms with Gasteiger partial charge >= 0.3 is 0 Å². The fraction of sp³-hybridized carbons (Fsp3) is 0.429. The molecule has 0 saturated carbocycles. The lowest BCUT2D eigenvalue weighted by atomic mass is 10.1. The molecule has 19 heavy (non-hydrogen) atoms. The summed E-state index contributed by atoms with van der Waals surface area (Å²) >= 11 is 0. The standard InChI is InChI=1S/C14H21N3O2/c1-3-5-12(15)14(19)17-11-8-6-10(7-9-11)13(18)16-4-2/h6-9,12H,3-5,15H2,1-2H3,(H,16,18)(H,17,19)/t12-/m1/s1. The van der Waals surface area contributed by atoms with Gasteiger partial charge in [0.2, 0.25) is 5.91 Å². The summed E-state index contributed by atoms with van der Waals surface area (Å²) in [7, 11) is 0. The molecule has 2 amide bonds. The number of nitrogens with two attached hydrogens (primary N) is 1. The van der Waals surface area contributed by atoms with Crippen LogP contribution in [0.4, 0.5) is 5.69 Å². The van der Waals surface area contributed by atoms with Crippen LogP contribution in [0.15, 0.2) is 24.3 Å². The third kappa shape index (κ3) is 4.71. The number of benzene rings is 1. The molecule has 5 heteroatoms. The average molecular weight is 263 g/mol. The molecule has 0 saturated heterocycles. The summed E-state index contributed by atoms with van der Waals surface area (Å²) in [6.07, 6.45) is 1.52. The van der Waals surface area contributed by atoms with E-state index in [1.807, 2.05) is 13.8 Å². The van der Waals surface area contributed by atoms with Gasteiger partial charge in [-0.3, -0.25) is 9.59 Å². The van der Waals surface area contributed by atoms with Crippen molar-refractivity contribution in [3.8, 4) is 0 Å². The van der Waals surface area contributed by atoms with Crippen LogP contribution in [0, 0.1) is 0 Å². The molecule has 0 aliphatic heterocycles. The number of hydrogen-bond acceptors (Lipinski definition) is 3. The summed E-state index contributed by atoms with van der Waals surface area (Å²) in [5.74, 6) is -0.323. The lowest BCUT2D eigenvalue weighted by Gasteiger charge is -2.11. The molecule has 104 valence electrons. The van der Waals surface area contributed by atoms with E-state index in [4.69, 9.17) is 5.73 Å². The van der Waals surface area contributed by atoms with Crippen molar-refractivity contribution in [1.82, 2.24) is 5.32 Å². The normalized spacial score (nSPS) is 11.7. The van der Waals surface area contributed by atoms with Crippen LogP contribution in [0.3, 0.4) is 0 Å². The number of amides is 2. The van der Waals surface area contributed by atoms with Crippen LogP contribution in [-0.2, 0) is 4.79 Å². The Hall–Kier alpha value is -1.88. The molecule has 0 unspecified atom stereocenters. The fourth-order valence-corrected chi connectivity index (χ4v) is 1.64. The predicted molar refractivity (Wildman–Crippen MR) is 76.0 cm³/mol. The van der Waals surface area contributed by atoms with Crippen LogP contribution in [0.2, 0.25) is 0 Å². The zero-order valence-corrected chi connectivity index (χ0v) is 11.4. The molecule has 1 aromatic rings. The second kappa shape index (κ2) is 7.53. The Morgan fingerprint density at radius 1 is 1.21 bits per heavy atom. The third-order valence-corrected chi connectivity index (χ3v) is 2.69. The quantitative estimate of drug-likeness (QED) is 0.727. The van der Waals surface area contributed by atoms with E-state index in [1.165, 1.54) is 0 Å². The molecule has 4 N–H and O–H groups in total. The number of nitrogens with one attached hydrogen (secondary N) is 2. The molecular formula is C14H21N3O2. The van der Waals surface area contributed by atoms with E-state index in [0.717, 1.165) is 6.42 Å². The van der Waals surface area contributed by atoms with E-state index in [-0.39, 0.29) is 11.8 Å². The summed E-state index contributed by atoms with van der Waals surface area (Å²) in [6, 6.07) is 6.24. The van der Waals surface area contributed by atoms with E-state index >= 15 is 0 Å². The minimum Gasteiger partial charge on any atom is -0.352 e. The topological polar surface area (TPSA) is 84.2 Å². The molecule has 0 heterocycles. The highest BCUT2D eigenvalue weighted by molar-refractivity contribution is 5.97. The van der Waals surface area contributed by atoms with Crippen LogP contribution in [0.5, 0.6) is 0 Å². The second-order valence-corrected chi connectivity index (χ2v) is 4.32. The van der Waals surface area contributed by atoms with Crippen LogP contribution in [0.25, 0.3) is 0 Å². The summed E-state index contributed by atoms with van der Waals surface area (Å²) in [5, 5.41) is 5.44. The van der Waals surface area contributed by atoms with Crippen molar-refractivity contribution < 1.29 is 9.59 Å². The van der Waals surface area contributed by atoms with E-state index in [1.54, 1.807) is 24.3 Å². The van der Waals surface area contributed by atoms with Gasteiger partial charge in [-0.05, 0) is 37.6 Å². The molecular weight excluding hydrogens is 242 g/mol. The summed E-state index contributed by atoms with van der Waals surface area (Å²) in [5.41, 5.74) is 6.93. The predicted octanol–water partition coefficient (Wildman–Crippen LogP) is 1.50. The van der Waals surface area contributed by atoms with Gasteiger partial charge < -0.3 is 16.4 Å². The maximum absolute atomic E-state index is 11.7. The fourth-order valence-electron chi connectivity index (χ4n) is 1.64. The van der Waals surface area contributed by atoms with E-state index in [2.05, 4.69) is 10.6 Å². The summed E-state index contributed by atoms with van der Waals surface area (Å²) in [4.78, 5) is 23.3. The molecule has 0 spiro atoms. The van der Waals surface area contributed by atoms with Gasteiger partial charge in [0.05, 0.1) is 6.04 Å². The monoisotopic (exact) mass is 263 g/mol. The molecule has 0 bridgehead atoms. The van der Waals surface area contributed by atoms with Crippen molar-refractivity contribution >= 4 is 17.5 Å². The van der Waals surface area contributed by atoms with Gasteiger partial charge in [0.1, 0.15) is 0 Å². The Balaban J connectivity index is 2.62.